The minimum Gasteiger partial charge on any atom is -0.382 e. The van der Waals surface area contributed by atoms with Crippen LogP contribution in [0.5, 0.6) is 0 Å². The maximum Gasteiger partial charge on any atom is 0.250 e. The van der Waals surface area contributed by atoms with Crippen LogP contribution in [0.4, 0.5) is 11.4 Å². The van der Waals surface area contributed by atoms with Crippen LogP contribution < -0.4 is 10.6 Å². The fraction of sp³-hybridized carbons (Fsp3) is 0.588. The van der Waals surface area contributed by atoms with Crippen molar-refractivity contribution in [2.75, 3.05) is 24.4 Å². The van der Waals surface area contributed by atoms with Gasteiger partial charge in [-0.2, -0.15) is 0 Å². The van der Waals surface area contributed by atoms with Gasteiger partial charge < -0.3 is 15.4 Å². The van der Waals surface area contributed by atoms with Crippen LogP contribution in [-0.2, 0) is 9.53 Å². The van der Waals surface area contributed by atoms with Crippen molar-refractivity contribution in [1.29, 1.82) is 0 Å². The van der Waals surface area contributed by atoms with Crippen LogP contribution in [0.25, 0.3) is 0 Å². The lowest BCUT2D eigenvalue weighted by molar-refractivity contribution is -0.119. The fourth-order valence-corrected chi connectivity index (χ4v) is 2.85. The van der Waals surface area contributed by atoms with Gasteiger partial charge in [-0.25, -0.2) is 0 Å². The second kappa shape index (κ2) is 8.03. The van der Waals surface area contributed by atoms with Crippen molar-refractivity contribution in [3.05, 3.63) is 24.3 Å². The average molecular weight is 290 g/mol. The number of carbonyl (C=O) groups excluding carboxylic acids is 1. The lowest BCUT2D eigenvalue weighted by Crippen LogP contribution is -2.19. The Hall–Kier alpha value is -1.55. The summed E-state index contributed by atoms with van der Waals surface area (Å²) in [4.78, 5) is 11.4. The second-order valence-electron chi connectivity index (χ2n) is 6.01. The number of rotatable bonds is 5. The predicted octanol–water partition coefficient (Wildman–Crippen LogP) is 3.65. The third-order valence-corrected chi connectivity index (χ3v) is 4.07. The molecule has 0 spiro atoms. The maximum absolute atomic E-state index is 11.4. The predicted molar refractivity (Wildman–Crippen MR) is 86.6 cm³/mol. The summed E-state index contributed by atoms with van der Waals surface area (Å²) < 4.78 is 4.80. The minimum absolute atomic E-state index is 0.0836. The highest BCUT2D eigenvalue weighted by molar-refractivity contribution is 5.91. The average Bonchev–Trinajstić information content (AvgIpc) is 2.66. The van der Waals surface area contributed by atoms with E-state index in [1.165, 1.54) is 39.2 Å². The molecule has 0 heterocycles. The Morgan fingerprint density at radius 3 is 2.57 bits per heavy atom. The zero-order valence-corrected chi connectivity index (χ0v) is 13.0. The molecule has 0 bridgehead atoms. The Morgan fingerprint density at radius 2 is 1.86 bits per heavy atom. The SMILES string of the molecule is COCC(=O)Nc1ccc(NC2CCCC(C)CC2)cc1. The molecule has 1 fully saturated rings. The van der Waals surface area contributed by atoms with Crippen LogP contribution in [0.3, 0.4) is 0 Å². The van der Waals surface area contributed by atoms with Crippen LogP contribution in [0.1, 0.15) is 39.0 Å². The summed E-state index contributed by atoms with van der Waals surface area (Å²) in [5.41, 5.74) is 1.93. The van der Waals surface area contributed by atoms with Crippen LogP contribution in [0.15, 0.2) is 24.3 Å². The first kappa shape index (κ1) is 15.8. The van der Waals surface area contributed by atoms with Crippen molar-refractivity contribution in [3.8, 4) is 0 Å². The standard InChI is InChI=1S/C17H26N2O2/c1-13-4-3-5-14(7-6-13)18-15-8-10-16(11-9-15)19-17(20)12-21-2/h8-11,13-14,18H,3-7,12H2,1-2H3,(H,19,20). The number of ether oxygens (including phenoxy) is 1. The van der Waals surface area contributed by atoms with Gasteiger partial charge in [0.2, 0.25) is 5.91 Å². The molecule has 0 radical (unpaired) electrons. The summed E-state index contributed by atoms with van der Waals surface area (Å²) in [6.45, 7) is 2.43. The quantitative estimate of drug-likeness (QED) is 0.814. The van der Waals surface area contributed by atoms with Crippen molar-refractivity contribution in [2.45, 2.75) is 45.1 Å². The lowest BCUT2D eigenvalue weighted by atomic mass is 10.0. The molecule has 2 N–H and O–H groups in total. The topological polar surface area (TPSA) is 50.4 Å². The maximum atomic E-state index is 11.4. The van der Waals surface area contributed by atoms with E-state index in [0.29, 0.717) is 6.04 Å². The van der Waals surface area contributed by atoms with Gasteiger partial charge in [-0.1, -0.05) is 19.8 Å². The number of benzene rings is 1. The van der Waals surface area contributed by atoms with Crippen molar-refractivity contribution in [1.82, 2.24) is 0 Å². The number of hydrogen-bond acceptors (Lipinski definition) is 3. The molecule has 0 aromatic heterocycles. The van der Waals surface area contributed by atoms with Crippen LogP contribution in [-0.4, -0.2) is 25.7 Å². The summed E-state index contributed by atoms with van der Waals surface area (Å²) in [5, 5.41) is 6.41. The van der Waals surface area contributed by atoms with Gasteiger partial charge in [-0.05, 0) is 49.4 Å². The number of nitrogens with one attached hydrogen (secondary N) is 2. The first-order chi connectivity index (χ1) is 10.2. The van der Waals surface area contributed by atoms with Gasteiger partial charge in [-0.15, -0.1) is 0 Å². The van der Waals surface area contributed by atoms with Crippen LogP contribution >= 0.6 is 0 Å². The van der Waals surface area contributed by atoms with E-state index in [-0.39, 0.29) is 12.5 Å². The van der Waals surface area contributed by atoms with E-state index in [1.807, 2.05) is 24.3 Å². The zero-order chi connectivity index (χ0) is 15.1. The monoisotopic (exact) mass is 290 g/mol. The molecule has 4 nitrogen and oxygen atoms in total. The molecule has 1 aromatic rings. The molecule has 1 amide bonds. The van der Waals surface area contributed by atoms with Crippen molar-refractivity contribution < 1.29 is 9.53 Å². The summed E-state index contributed by atoms with van der Waals surface area (Å²) in [6, 6.07) is 8.47. The van der Waals surface area contributed by atoms with Gasteiger partial charge in [0.05, 0.1) is 0 Å². The summed E-state index contributed by atoms with van der Waals surface area (Å²) in [5.74, 6) is 0.728. The Kier molecular flexibility index (Phi) is 6.05. The van der Waals surface area contributed by atoms with Crippen LogP contribution in [0, 0.1) is 5.92 Å². The molecule has 2 atom stereocenters. The second-order valence-corrected chi connectivity index (χ2v) is 6.01. The Labute approximate surface area is 127 Å². The zero-order valence-electron chi connectivity index (χ0n) is 13.0. The molecule has 1 saturated carbocycles. The molecule has 1 aliphatic carbocycles. The molecular formula is C17H26N2O2. The molecule has 2 rings (SSSR count). The van der Waals surface area contributed by atoms with Crippen molar-refractivity contribution in [3.63, 3.8) is 0 Å². The first-order valence-corrected chi connectivity index (χ1v) is 7.82. The Morgan fingerprint density at radius 1 is 1.14 bits per heavy atom. The van der Waals surface area contributed by atoms with Gasteiger partial charge in [0.25, 0.3) is 0 Å². The van der Waals surface area contributed by atoms with Gasteiger partial charge >= 0.3 is 0 Å². The number of hydrogen-bond donors (Lipinski definition) is 2. The molecule has 2 unspecified atom stereocenters. The van der Waals surface area contributed by atoms with E-state index in [1.54, 1.807) is 0 Å². The molecule has 0 saturated heterocycles. The van der Waals surface area contributed by atoms with E-state index < -0.39 is 0 Å². The molecule has 4 heteroatoms. The molecule has 21 heavy (non-hydrogen) atoms. The van der Waals surface area contributed by atoms with E-state index in [2.05, 4.69) is 17.6 Å². The third kappa shape index (κ3) is 5.38. The van der Waals surface area contributed by atoms with Gasteiger partial charge in [0.15, 0.2) is 0 Å². The highest BCUT2D eigenvalue weighted by atomic mass is 16.5. The molecule has 1 aliphatic rings. The number of amides is 1. The number of carbonyl (C=O) groups is 1. The van der Waals surface area contributed by atoms with Crippen molar-refractivity contribution in [2.24, 2.45) is 5.92 Å². The fourth-order valence-electron chi connectivity index (χ4n) is 2.85. The van der Waals surface area contributed by atoms with E-state index in [4.69, 9.17) is 4.74 Å². The van der Waals surface area contributed by atoms with Gasteiger partial charge in [0, 0.05) is 24.5 Å². The molecular weight excluding hydrogens is 264 g/mol. The number of anilines is 2. The first-order valence-electron chi connectivity index (χ1n) is 7.82. The largest absolute Gasteiger partial charge is 0.382 e. The third-order valence-electron chi connectivity index (χ3n) is 4.07. The molecule has 116 valence electrons. The summed E-state index contributed by atoms with van der Waals surface area (Å²) in [7, 11) is 1.51. The van der Waals surface area contributed by atoms with E-state index >= 15 is 0 Å². The summed E-state index contributed by atoms with van der Waals surface area (Å²) in [6.07, 6.45) is 6.46. The van der Waals surface area contributed by atoms with E-state index in [0.717, 1.165) is 17.3 Å². The van der Waals surface area contributed by atoms with Crippen molar-refractivity contribution >= 4 is 17.3 Å². The Bertz CT molecular complexity index is 445. The highest BCUT2D eigenvalue weighted by Crippen LogP contribution is 2.25. The Balaban J connectivity index is 1.85. The normalized spacial score (nSPS) is 22.4. The minimum atomic E-state index is -0.129. The number of methoxy groups -OCH3 is 1. The highest BCUT2D eigenvalue weighted by Gasteiger charge is 2.15. The lowest BCUT2D eigenvalue weighted by Gasteiger charge is -2.18. The molecule has 0 aliphatic heterocycles. The molecule has 1 aromatic carbocycles. The summed E-state index contributed by atoms with van der Waals surface area (Å²) >= 11 is 0. The van der Waals surface area contributed by atoms with Gasteiger partial charge in [0.1, 0.15) is 6.61 Å². The van der Waals surface area contributed by atoms with Crippen LogP contribution in [0.2, 0.25) is 0 Å². The van der Waals surface area contributed by atoms with Gasteiger partial charge in [-0.3, -0.25) is 4.79 Å². The smallest absolute Gasteiger partial charge is 0.250 e. The van der Waals surface area contributed by atoms with E-state index in [9.17, 15) is 4.79 Å².